The topological polar surface area (TPSA) is 102 Å². The van der Waals surface area contributed by atoms with E-state index in [-0.39, 0.29) is 33.2 Å². The summed E-state index contributed by atoms with van der Waals surface area (Å²) in [5.74, 6) is -1.04. The van der Waals surface area contributed by atoms with Crippen LogP contribution in [0.25, 0.3) is 10.9 Å². The van der Waals surface area contributed by atoms with Gasteiger partial charge >= 0.3 is 0 Å². The molecule has 0 spiro atoms. The predicted octanol–water partition coefficient (Wildman–Crippen LogP) is 6.92. The van der Waals surface area contributed by atoms with Crippen molar-refractivity contribution >= 4 is 33.9 Å². The highest BCUT2D eigenvalue weighted by Crippen LogP contribution is 2.39. The second kappa shape index (κ2) is 10.8. The van der Waals surface area contributed by atoms with Crippen LogP contribution in [0.1, 0.15) is 47.8 Å². The number of halogens is 3. The van der Waals surface area contributed by atoms with E-state index in [0.29, 0.717) is 23.4 Å². The summed E-state index contributed by atoms with van der Waals surface area (Å²) in [7, 11) is 0. The first-order valence-electron chi connectivity index (χ1n) is 11.9. The van der Waals surface area contributed by atoms with Crippen LogP contribution in [0.3, 0.4) is 0 Å². The molecule has 2 aromatic heterocycles. The summed E-state index contributed by atoms with van der Waals surface area (Å²) in [6.45, 7) is 2.00. The smallest absolute Gasteiger partial charge is 0.157 e. The van der Waals surface area contributed by atoms with Crippen LogP contribution in [-0.2, 0) is 0 Å². The van der Waals surface area contributed by atoms with E-state index in [1.54, 1.807) is 18.3 Å². The van der Waals surface area contributed by atoms with Gasteiger partial charge < -0.3 is 10.6 Å². The molecule has 38 heavy (non-hydrogen) atoms. The predicted molar refractivity (Wildman–Crippen MR) is 143 cm³/mol. The maximum atomic E-state index is 16.4. The summed E-state index contributed by atoms with van der Waals surface area (Å²) in [6.07, 6.45) is 3.64. The lowest BCUT2D eigenvalue weighted by Crippen LogP contribution is -2.15. The maximum Gasteiger partial charge on any atom is 0.157 e. The fourth-order valence-corrected chi connectivity index (χ4v) is 4.66. The molecule has 0 saturated carbocycles. The Bertz CT molecular complexity index is 1600. The number of rotatable bonds is 8. The lowest BCUT2D eigenvalue weighted by atomic mass is 10.0. The zero-order valence-corrected chi connectivity index (χ0v) is 21.0. The number of nitrogens with one attached hydrogen (secondary N) is 3. The first kappa shape index (κ1) is 25.1. The summed E-state index contributed by atoms with van der Waals surface area (Å²) >= 11 is 6.60. The lowest BCUT2D eigenvalue weighted by Gasteiger charge is -2.23. The van der Waals surface area contributed by atoms with Gasteiger partial charge in [-0.2, -0.15) is 5.26 Å². The summed E-state index contributed by atoms with van der Waals surface area (Å²) in [6, 6.07) is 18.2. The second-order valence-corrected chi connectivity index (χ2v) is 9.05. The summed E-state index contributed by atoms with van der Waals surface area (Å²) in [5.41, 5.74) is 2.86. The zero-order valence-electron chi connectivity index (χ0n) is 20.2. The Morgan fingerprint density at radius 3 is 2.47 bits per heavy atom. The minimum atomic E-state index is -0.673. The van der Waals surface area contributed by atoms with Crippen LogP contribution in [0, 0.1) is 23.0 Å². The Morgan fingerprint density at radius 1 is 1.05 bits per heavy atom. The third-order valence-electron chi connectivity index (χ3n) is 6.32. The number of hydrogen-bond acceptors (Lipinski definition) is 6. The van der Waals surface area contributed by atoms with Gasteiger partial charge in [0.05, 0.1) is 44.9 Å². The third-order valence-corrected chi connectivity index (χ3v) is 6.60. The van der Waals surface area contributed by atoms with Gasteiger partial charge in [-0.1, -0.05) is 66.2 Å². The van der Waals surface area contributed by atoms with E-state index in [1.165, 1.54) is 24.4 Å². The Balaban J connectivity index is 1.64. The molecule has 3 aromatic carbocycles. The van der Waals surface area contributed by atoms with Crippen molar-refractivity contribution in [1.29, 1.82) is 5.26 Å². The molecule has 2 unspecified atom stereocenters. The van der Waals surface area contributed by atoms with E-state index in [4.69, 9.17) is 11.6 Å². The first-order valence-corrected chi connectivity index (χ1v) is 12.3. The number of aromatic nitrogens is 4. The molecule has 0 aliphatic carbocycles. The van der Waals surface area contributed by atoms with Crippen LogP contribution in [0.4, 0.5) is 20.2 Å². The molecule has 0 amide bonds. The Kier molecular flexibility index (Phi) is 7.15. The number of nitriles is 1. The number of fused-ring (bicyclic) bond motifs is 1. The molecule has 7 nitrogen and oxygen atoms in total. The largest absolute Gasteiger partial charge is 0.376 e. The highest BCUT2D eigenvalue weighted by Gasteiger charge is 2.24. The quantitative estimate of drug-likeness (QED) is 0.201. The normalized spacial score (nSPS) is 12.6. The number of aromatic amines is 1. The van der Waals surface area contributed by atoms with Gasteiger partial charge in [-0.05, 0) is 35.7 Å². The van der Waals surface area contributed by atoms with Crippen LogP contribution in [0.15, 0.2) is 73.1 Å². The van der Waals surface area contributed by atoms with Crippen molar-refractivity contribution in [2.75, 3.05) is 10.6 Å². The van der Waals surface area contributed by atoms with Gasteiger partial charge in [0.1, 0.15) is 17.6 Å². The second-order valence-electron chi connectivity index (χ2n) is 8.65. The molecule has 0 aliphatic rings. The third kappa shape index (κ3) is 4.86. The van der Waals surface area contributed by atoms with Crippen molar-refractivity contribution in [2.24, 2.45) is 0 Å². The number of H-pyrrole nitrogens is 1. The summed E-state index contributed by atoms with van der Waals surface area (Å²) in [4.78, 5) is 4.29. The molecular formula is C28H22ClF2N7. The molecule has 5 rings (SSSR count). The van der Waals surface area contributed by atoms with Gasteiger partial charge in [0.2, 0.25) is 0 Å². The molecule has 0 radical (unpaired) electrons. The number of hydrogen-bond donors (Lipinski definition) is 3. The van der Waals surface area contributed by atoms with Crippen LogP contribution >= 0.6 is 11.6 Å². The van der Waals surface area contributed by atoms with Gasteiger partial charge in [-0.25, -0.2) is 8.78 Å². The SMILES string of the molecule is CCC(Nc1c(C#N)cnc2c(Cl)cc(NC(c3ccc(F)cc3)c3c[nH]nn3)c(F)c12)c1ccccc1. The van der Waals surface area contributed by atoms with Gasteiger partial charge in [-0.3, -0.25) is 10.1 Å². The van der Waals surface area contributed by atoms with Crippen LogP contribution in [-0.4, -0.2) is 20.4 Å². The number of nitrogens with zero attached hydrogens (tertiary/aromatic N) is 4. The van der Waals surface area contributed by atoms with E-state index in [1.807, 2.05) is 37.3 Å². The Labute approximate surface area is 222 Å². The van der Waals surface area contributed by atoms with Gasteiger partial charge in [0.25, 0.3) is 0 Å². The highest BCUT2D eigenvalue weighted by atomic mass is 35.5. The Morgan fingerprint density at radius 2 is 1.82 bits per heavy atom. The van der Waals surface area contributed by atoms with E-state index < -0.39 is 17.7 Å². The van der Waals surface area contributed by atoms with Gasteiger partial charge in [0, 0.05) is 12.4 Å². The fraction of sp³-hybridized carbons (Fsp3) is 0.143. The van der Waals surface area contributed by atoms with E-state index in [2.05, 4.69) is 37.1 Å². The molecule has 3 N–H and O–H groups in total. The summed E-state index contributed by atoms with van der Waals surface area (Å²) < 4.78 is 30.0. The van der Waals surface area contributed by atoms with Crippen molar-refractivity contribution < 1.29 is 8.78 Å². The average Bonchev–Trinajstić information content (AvgIpc) is 3.48. The molecule has 0 aliphatic heterocycles. The number of anilines is 2. The van der Waals surface area contributed by atoms with E-state index in [0.717, 1.165) is 5.56 Å². The van der Waals surface area contributed by atoms with Crippen molar-refractivity contribution in [1.82, 2.24) is 20.4 Å². The monoisotopic (exact) mass is 529 g/mol. The molecule has 0 bridgehead atoms. The van der Waals surface area contributed by atoms with Gasteiger partial charge in [-0.15, -0.1) is 5.10 Å². The Hall–Kier alpha value is -4.55. The summed E-state index contributed by atoms with van der Waals surface area (Å²) in [5, 5.41) is 27.1. The minimum absolute atomic E-state index is 0.0625. The number of pyridine rings is 1. The molecule has 0 saturated heterocycles. The minimum Gasteiger partial charge on any atom is -0.376 e. The fourth-order valence-electron chi connectivity index (χ4n) is 4.41. The molecule has 190 valence electrons. The molecule has 2 atom stereocenters. The number of benzene rings is 3. The molecule has 0 fully saturated rings. The molecule has 2 heterocycles. The zero-order chi connectivity index (χ0) is 26.6. The van der Waals surface area contributed by atoms with Crippen LogP contribution < -0.4 is 10.6 Å². The van der Waals surface area contributed by atoms with E-state index in [9.17, 15) is 9.65 Å². The lowest BCUT2D eigenvalue weighted by molar-refractivity contribution is 0.626. The van der Waals surface area contributed by atoms with Crippen molar-refractivity contribution in [3.8, 4) is 6.07 Å². The molecule has 10 heteroatoms. The van der Waals surface area contributed by atoms with Crippen molar-refractivity contribution in [3.63, 3.8) is 0 Å². The van der Waals surface area contributed by atoms with Crippen LogP contribution in [0.2, 0.25) is 5.02 Å². The van der Waals surface area contributed by atoms with E-state index >= 15 is 4.39 Å². The van der Waals surface area contributed by atoms with Crippen molar-refractivity contribution in [2.45, 2.75) is 25.4 Å². The van der Waals surface area contributed by atoms with Gasteiger partial charge in [0.15, 0.2) is 5.82 Å². The standard InChI is InChI=1S/C28H22ClF2N7/c1-2-21(16-6-4-3-5-7-16)35-27-18(13-32)14-33-28-20(29)12-22(25(31)24(27)28)36-26(23-15-34-38-37-23)17-8-10-19(30)11-9-17/h3-12,14-15,21,26,36H,2H2,1H3,(H,33,35)(H,34,37,38). The molecular weight excluding hydrogens is 508 g/mol. The van der Waals surface area contributed by atoms with Crippen molar-refractivity contribution in [3.05, 3.63) is 112 Å². The van der Waals surface area contributed by atoms with Crippen LogP contribution in [0.5, 0.6) is 0 Å². The first-order chi connectivity index (χ1) is 18.5. The average molecular weight is 530 g/mol. The molecule has 5 aromatic rings. The highest BCUT2D eigenvalue weighted by molar-refractivity contribution is 6.36. The maximum absolute atomic E-state index is 16.4.